The van der Waals surface area contributed by atoms with Crippen molar-refractivity contribution < 1.29 is 4.79 Å². The lowest BCUT2D eigenvalue weighted by atomic mass is 10.2. The second-order valence-electron chi connectivity index (χ2n) is 6.98. The highest BCUT2D eigenvalue weighted by molar-refractivity contribution is 6.03. The Hall–Kier alpha value is -3.34. The van der Waals surface area contributed by atoms with Gasteiger partial charge in [-0.15, -0.1) is 0 Å². The maximum absolute atomic E-state index is 12.5. The van der Waals surface area contributed by atoms with E-state index in [-0.39, 0.29) is 5.91 Å². The van der Waals surface area contributed by atoms with E-state index in [9.17, 15) is 4.79 Å². The molecular weight excluding hydrogens is 348 g/mol. The van der Waals surface area contributed by atoms with Crippen molar-refractivity contribution in [2.24, 2.45) is 0 Å². The number of hydrogen-bond donors (Lipinski definition) is 1. The molecule has 0 aliphatic carbocycles. The minimum atomic E-state index is -0.185. The number of carbonyl (C=O) groups excluding carboxylic acids is 1. The molecule has 1 saturated heterocycles. The fourth-order valence-electron chi connectivity index (χ4n) is 3.47. The molecule has 28 heavy (non-hydrogen) atoms. The number of rotatable bonds is 4. The molecule has 5 nitrogen and oxygen atoms in total. The molecule has 2 aromatic carbocycles. The third kappa shape index (κ3) is 3.98. The Balaban J connectivity index is 1.37. The third-order valence-electron chi connectivity index (χ3n) is 5.14. The van der Waals surface area contributed by atoms with Crippen LogP contribution in [0.5, 0.6) is 0 Å². The van der Waals surface area contributed by atoms with Crippen molar-refractivity contribution in [1.29, 1.82) is 0 Å². The van der Waals surface area contributed by atoms with Gasteiger partial charge < -0.3 is 15.1 Å². The van der Waals surface area contributed by atoms with Crippen LogP contribution in [0, 0.1) is 6.92 Å². The molecule has 142 valence electrons. The van der Waals surface area contributed by atoms with Gasteiger partial charge in [-0.1, -0.05) is 36.4 Å². The lowest BCUT2D eigenvalue weighted by Crippen LogP contribution is -2.46. The summed E-state index contributed by atoms with van der Waals surface area (Å²) in [6.07, 6.45) is 1.80. The first-order valence-corrected chi connectivity index (χ1v) is 9.59. The standard InChI is InChI=1S/C23H24N4O/c1-18-7-5-6-10-21(18)25-23(28)22-12-11-20(17-24-22)27-15-13-26(14-16-27)19-8-3-2-4-9-19/h2-12,17H,13-16H2,1H3,(H,25,28). The van der Waals surface area contributed by atoms with Crippen LogP contribution in [0.2, 0.25) is 0 Å². The molecule has 0 saturated carbocycles. The van der Waals surface area contributed by atoms with Crippen LogP contribution in [0.3, 0.4) is 0 Å². The molecule has 1 aliphatic rings. The molecule has 1 aliphatic heterocycles. The summed E-state index contributed by atoms with van der Waals surface area (Å²) >= 11 is 0. The zero-order chi connectivity index (χ0) is 19.3. The summed E-state index contributed by atoms with van der Waals surface area (Å²) in [5.41, 5.74) is 4.60. The summed E-state index contributed by atoms with van der Waals surface area (Å²) in [5.74, 6) is -0.185. The van der Waals surface area contributed by atoms with Crippen molar-refractivity contribution in [3.05, 3.63) is 84.2 Å². The molecule has 0 unspecified atom stereocenters. The summed E-state index contributed by atoms with van der Waals surface area (Å²) in [4.78, 5) is 21.6. The van der Waals surface area contributed by atoms with Crippen LogP contribution in [-0.2, 0) is 0 Å². The molecule has 1 N–H and O–H groups in total. The Kier molecular flexibility index (Phi) is 5.24. The van der Waals surface area contributed by atoms with Crippen molar-refractivity contribution in [2.45, 2.75) is 6.92 Å². The van der Waals surface area contributed by atoms with Gasteiger partial charge in [0.1, 0.15) is 5.69 Å². The number of aromatic nitrogens is 1. The topological polar surface area (TPSA) is 48.5 Å². The molecule has 2 heterocycles. The Morgan fingerprint density at radius 1 is 0.821 bits per heavy atom. The number of carbonyl (C=O) groups is 1. The van der Waals surface area contributed by atoms with E-state index < -0.39 is 0 Å². The van der Waals surface area contributed by atoms with Gasteiger partial charge >= 0.3 is 0 Å². The average Bonchev–Trinajstić information content (AvgIpc) is 2.76. The molecule has 1 fully saturated rings. The highest BCUT2D eigenvalue weighted by Gasteiger charge is 2.18. The monoisotopic (exact) mass is 372 g/mol. The minimum absolute atomic E-state index is 0.185. The first-order chi connectivity index (χ1) is 13.7. The number of pyridine rings is 1. The van der Waals surface area contributed by atoms with Crippen molar-refractivity contribution >= 4 is 23.0 Å². The fraction of sp³-hybridized carbons (Fsp3) is 0.217. The number of hydrogen-bond acceptors (Lipinski definition) is 4. The molecule has 0 spiro atoms. The molecular formula is C23H24N4O. The highest BCUT2D eigenvalue weighted by atomic mass is 16.1. The summed E-state index contributed by atoms with van der Waals surface area (Å²) in [7, 11) is 0. The molecule has 0 atom stereocenters. The van der Waals surface area contributed by atoms with E-state index >= 15 is 0 Å². The largest absolute Gasteiger partial charge is 0.368 e. The quantitative estimate of drug-likeness (QED) is 0.753. The van der Waals surface area contributed by atoms with Crippen molar-refractivity contribution in [1.82, 2.24) is 4.98 Å². The van der Waals surface area contributed by atoms with Gasteiger partial charge in [-0.2, -0.15) is 0 Å². The van der Waals surface area contributed by atoms with E-state index in [1.807, 2.05) is 43.3 Å². The number of para-hydroxylation sites is 2. The lowest BCUT2D eigenvalue weighted by molar-refractivity contribution is 0.102. The number of amides is 1. The zero-order valence-corrected chi connectivity index (χ0v) is 16.0. The van der Waals surface area contributed by atoms with E-state index in [4.69, 9.17) is 0 Å². The fourth-order valence-corrected chi connectivity index (χ4v) is 3.47. The Morgan fingerprint density at radius 3 is 2.11 bits per heavy atom. The molecule has 1 amide bonds. The Bertz CT molecular complexity index is 932. The van der Waals surface area contributed by atoms with Crippen LogP contribution >= 0.6 is 0 Å². The number of anilines is 3. The van der Waals surface area contributed by atoms with E-state index in [1.54, 1.807) is 12.3 Å². The predicted octanol–water partition coefficient (Wildman–Crippen LogP) is 3.97. The van der Waals surface area contributed by atoms with Crippen molar-refractivity contribution in [3.63, 3.8) is 0 Å². The Labute approximate surface area is 165 Å². The molecule has 4 rings (SSSR count). The van der Waals surface area contributed by atoms with Crippen LogP contribution in [0.25, 0.3) is 0 Å². The maximum atomic E-state index is 12.5. The van der Waals surface area contributed by atoms with Gasteiger partial charge in [-0.3, -0.25) is 4.79 Å². The maximum Gasteiger partial charge on any atom is 0.274 e. The smallest absolute Gasteiger partial charge is 0.274 e. The summed E-state index contributed by atoms with van der Waals surface area (Å²) in [5, 5.41) is 2.93. The van der Waals surface area contributed by atoms with Gasteiger partial charge in [0.05, 0.1) is 11.9 Å². The molecule has 0 radical (unpaired) electrons. The van der Waals surface area contributed by atoms with Gasteiger partial charge in [0.2, 0.25) is 0 Å². The molecule has 5 heteroatoms. The predicted molar refractivity (Wildman–Crippen MR) is 114 cm³/mol. The normalized spacial score (nSPS) is 14.0. The van der Waals surface area contributed by atoms with E-state index in [1.165, 1.54) is 5.69 Å². The van der Waals surface area contributed by atoms with E-state index in [0.29, 0.717) is 5.69 Å². The zero-order valence-electron chi connectivity index (χ0n) is 16.0. The summed E-state index contributed by atoms with van der Waals surface area (Å²) < 4.78 is 0. The van der Waals surface area contributed by atoms with Gasteiger partial charge in [-0.25, -0.2) is 4.98 Å². The molecule has 3 aromatic rings. The minimum Gasteiger partial charge on any atom is -0.368 e. The van der Waals surface area contributed by atoms with Crippen LogP contribution in [0.15, 0.2) is 72.9 Å². The number of nitrogens with one attached hydrogen (secondary N) is 1. The number of nitrogens with zero attached hydrogens (tertiary/aromatic N) is 3. The van der Waals surface area contributed by atoms with Gasteiger partial charge in [0, 0.05) is 37.6 Å². The van der Waals surface area contributed by atoms with Crippen LogP contribution in [0.1, 0.15) is 16.1 Å². The first-order valence-electron chi connectivity index (χ1n) is 9.59. The number of piperazine rings is 1. The summed E-state index contributed by atoms with van der Waals surface area (Å²) in [6, 6.07) is 22.0. The first kappa shape index (κ1) is 18.0. The van der Waals surface area contributed by atoms with Crippen LogP contribution in [0.4, 0.5) is 17.1 Å². The van der Waals surface area contributed by atoms with Gasteiger partial charge in [0.25, 0.3) is 5.91 Å². The van der Waals surface area contributed by atoms with Gasteiger partial charge in [0.15, 0.2) is 0 Å². The van der Waals surface area contributed by atoms with Crippen LogP contribution in [-0.4, -0.2) is 37.1 Å². The Morgan fingerprint density at radius 2 is 1.46 bits per heavy atom. The van der Waals surface area contributed by atoms with Crippen molar-refractivity contribution in [3.8, 4) is 0 Å². The average molecular weight is 372 g/mol. The SMILES string of the molecule is Cc1ccccc1NC(=O)c1ccc(N2CCN(c3ccccc3)CC2)cn1. The second kappa shape index (κ2) is 8.13. The highest BCUT2D eigenvalue weighted by Crippen LogP contribution is 2.20. The number of benzene rings is 2. The third-order valence-corrected chi connectivity index (χ3v) is 5.14. The van der Waals surface area contributed by atoms with E-state index in [2.05, 4.69) is 44.4 Å². The van der Waals surface area contributed by atoms with Crippen LogP contribution < -0.4 is 15.1 Å². The molecule has 0 bridgehead atoms. The molecule has 1 aromatic heterocycles. The lowest BCUT2D eigenvalue weighted by Gasteiger charge is -2.37. The second-order valence-corrected chi connectivity index (χ2v) is 6.98. The van der Waals surface area contributed by atoms with E-state index in [0.717, 1.165) is 43.1 Å². The van der Waals surface area contributed by atoms with Crippen molar-refractivity contribution in [2.75, 3.05) is 41.3 Å². The van der Waals surface area contributed by atoms with Gasteiger partial charge in [-0.05, 0) is 42.8 Å². The summed E-state index contributed by atoms with van der Waals surface area (Å²) in [6.45, 7) is 5.79. The number of aryl methyl sites for hydroxylation is 1.